The first-order chi connectivity index (χ1) is 9.89. The summed E-state index contributed by atoms with van der Waals surface area (Å²) in [4.78, 5) is 10.7. The fourth-order valence-electron chi connectivity index (χ4n) is 2.09. The molecule has 22 heavy (non-hydrogen) atoms. The average molecular weight is 346 g/mol. The van der Waals surface area contributed by atoms with Crippen molar-refractivity contribution < 1.29 is 32.4 Å². The maximum Gasteiger partial charge on any atom is 0.417 e. The van der Waals surface area contributed by atoms with Gasteiger partial charge < -0.3 is 20.7 Å². The first kappa shape index (κ1) is 19.3. The third kappa shape index (κ3) is 4.64. The lowest BCUT2D eigenvalue weighted by atomic mass is 9.94. The largest absolute Gasteiger partial charge is 0.417 e. The van der Waals surface area contributed by atoms with Crippen LogP contribution in [0.15, 0.2) is 0 Å². The summed E-state index contributed by atoms with van der Waals surface area (Å²) in [6.07, 6.45) is -5.17. The Bertz CT molecular complexity index is 507. The molecule has 0 aromatic heterocycles. The zero-order chi connectivity index (χ0) is 17.2. The van der Waals surface area contributed by atoms with Crippen LogP contribution in [0.3, 0.4) is 0 Å². The molecule has 10 heteroatoms. The topological polar surface area (TPSA) is 124 Å². The number of hydrogen-bond donors (Lipinski definition) is 4. The number of alkyl halides is 3. The van der Waals surface area contributed by atoms with E-state index in [1.807, 2.05) is 0 Å². The van der Waals surface area contributed by atoms with Crippen molar-refractivity contribution >= 4 is 16.0 Å². The zero-order valence-corrected chi connectivity index (χ0v) is 12.8. The molecule has 3 unspecified atom stereocenters. The van der Waals surface area contributed by atoms with Crippen molar-refractivity contribution in [1.29, 1.82) is 4.78 Å². The predicted molar refractivity (Wildman–Crippen MR) is 73.6 cm³/mol. The van der Waals surface area contributed by atoms with Gasteiger partial charge in [0.05, 0.1) is 12.1 Å². The molecule has 0 amide bonds. The van der Waals surface area contributed by atoms with E-state index in [1.54, 1.807) is 0 Å². The number of aliphatic hydroxyl groups is 2. The van der Waals surface area contributed by atoms with Crippen molar-refractivity contribution in [2.75, 3.05) is 18.1 Å². The van der Waals surface area contributed by atoms with Crippen LogP contribution in [0.5, 0.6) is 0 Å². The smallest absolute Gasteiger partial charge is 0.394 e. The van der Waals surface area contributed by atoms with Crippen LogP contribution < -0.4 is 5.73 Å². The van der Waals surface area contributed by atoms with Crippen LogP contribution in [0.25, 0.3) is 0 Å². The molecule has 6 nitrogen and oxygen atoms in total. The molecule has 0 aromatic carbocycles. The molecule has 0 aliphatic heterocycles. The molecule has 0 aromatic rings. The normalized spacial score (nSPS) is 24.1. The van der Waals surface area contributed by atoms with Gasteiger partial charge in [0.25, 0.3) is 0 Å². The number of carbonyl (C=O) groups is 1. The molecule has 1 aliphatic rings. The minimum atomic E-state index is -4.84. The number of aliphatic hydroxyl groups excluding tert-OH is 1. The van der Waals surface area contributed by atoms with Crippen molar-refractivity contribution in [1.82, 2.24) is 0 Å². The first-order valence-corrected chi connectivity index (χ1v) is 8.68. The maximum absolute atomic E-state index is 13.0. The Morgan fingerprint density at radius 2 is 1.77 bits per heavy atom. The summed E-state index contributed by atoms with van der Waals surface area (Å²) in [5, 5.41) is 18.7. The van der Waals surface area contributed by atoms with E-state index in [9.17, 15) is 27.3 Å². The molecule has 1 aliphatic carbocycles. The van der Waals surface area contributed by atoms with Crippen LogP contribution in [-0.2, 0) is 14.5 Å². The Balaban J connectivity index is 2.67. The summed E-state index contributed by atoms with van der Waals surface area (Å²) in [6, 6.07) is 0. The summed E-state index contributed by atoms with van der Waals surface area (Å²) in [5.74, 6) is -1.97. The van der Waals surface area contributed by atoms with Gasteiger partial charge in [-0.3, -0.25) is 4.78 Å². The van der Waals surface area contributed by atoms with Crippen molar-refractivity contribution in [2.24, 2.45) is 11.7 Å². The second-order valence-corrected chi connectivity index (χ2v) is 8.37. The molecule has 1 fully saturated rings. The summed E-state index contributed by atoms with van der Waals surface area (Å²) in [6.45, 7) is -0.708. The van der Waals surface area contributed by atoms with E-state index in [2.05, 4.69) is 0 Å². The quantitative estimate of drug-likeness (QED) is 0.450. The number of carbonyl (C=O) groups excluding carboxylic acids is 1. The zero-order valence-electron chi connectivity index (χ0n) is 11.9. The summed E-state index contributed by atoms with van der Waals surface area (Å²) in [5.41, 5.74) is 0.886. The lowest BCUT2D eigenvalue weighted by Crippen LogP contribution is -2.49. The van der Waals surface area contributed by atoms with Gasteiger partial charge in [-0.1, -0.05) is 0 Å². The SMILES string of the molecule is N=S(=O)(CCC(N)(C=O)CO)CCC(O)(C1CC1)C(F)(F)F. The van der Waals surface area contributed by atoms with E-state index in [4.69, 9.17) is 15.6 Å². The molecule has 1 saturated carbocycles. The number of aldehydes is 1. The van der Waals surface area contributed by atoms with Crippen molar-refractivity contribution in [2.45, 2.75) is 43.0 Å². The van der Waals surface area contributed by atoms with E-state index in [1.165, 1.54) is 0 Å². The molecule has 1 rings (SSSR count). The summed E-state index contributed by atoms with van der Waals surface area (Å²) < 4.78 is 58.5. The molecular formula is C12H21F3N2O4S. The van der Waals surface area contributed by atoms with Crippen LogP contribution in [0, 0.1) is 10.7 Å². The lowest BCUT2D eigenvalue weighted by Gasteiger charge is -2.31. The number of nitrogens with one attached hydrogen (secondary N) is 1. The van der Waals surface area contributed by atoms with Gasteiger partial charge in [-0.05, 0) is 31.6 Å². The molecule has 0 bridgehead atoms. The molecule has 0 spiro atoms. The number of rotatable bonds is 9. The summed E-state index contributed by atoms with van der Waals surface area (Å²) in [7, 11) is -3.44. The lowest BCUT2D eigenvalue weighted by molar-refractivity contribution is -0.269. The molecule has 3 atom stereocenters. The number of hydrogen-bond acceptors (Lipinski definition) is 6. The Labute approximate surface area is 126 Å². The standard InChI is InChI=1S/C12H21F3N2O4S/c13-12(14,15)11(20,9-1-2-9)4-6-22(17,21)5-3-10(16,7-18)8-19/h7,9,17,19-20H,1-6,8,16H2. The van der Waals surface area contributed by atoms with E-state index in [0.29, 0.717) is 0 Å². The molecule has 5 N–H and O–H groups in total. The molecule has 0 heterocycles. The minimum Gasteiger partial charge on any atom is -0.394 e. The first-order valence-electron chi connectivity index (χ1n) is 6.78. The van der Waals surface area contributed by atoms with Gasteiger partial charge in [0.1, 0.15) is 6.29 Å². The van der Waals surface area contributed by atoms with Gasteiger partial charge in [0.2, 0.25) is 0 Å². The van der Waals surface area contributed by atoms with Gasteiger partial charge in [-0.15, -0.1) is 0 Å². The Morgan fingerprint density at radius 3 is 2.14 bits per heavy atom. The number of halogens is 3. The highest BCUT2D eigenvalue weighted by molar-refractivity contribution is 7.92. The fraction of sp³-hybridized carbons (Fsp3) is 0.917. The Hall–Kier alpha value is -0.710. The van der Waals surface area contributed by atoms with Crippen LogP contribution in [0.1, 0.15) is 25.7 Å². The van der Waals surface area contributed by atoms with Gasteiger partial charge in [-0.2, -0.15) is 13.2 Å². The third-order valence-corrected chi connectivity index (χ3v) is 5.71. The highest BCUT2D eigenvalue weighted by Gasteiger charge is 2.61. The van der Waals surface area contributed by atoms with E-state index in [0.717, 1.165) is 0 Å². The molecular weight excluding hydrogens is 325 g/mol. The summed E-state index contributed by atoms with van der Waals surface area (Å²) >= 11 is 0. The Kier molecular flexibility index (Phi) is 5.64. The Morgan fingerprint density at radius 1 is 1.27 bits per heavy atom. The van der Waals surface area contributed by atoms with E-state index >= 15 is 0 Å². The van der Waals surface area contributed by atoms with Crippen molar-refractivity contribution in [3.05, 3.63) is 0 Å². The minimum absolute atomic E-state index is 0.247. The highest BCUT2D eigenvalue weighted by atomic mass is 32.2. The molecule has 0 saturated heterocycles. The van der Waals surface area contributed by atoms with Crippen LogP contribution >= 0.6 is 0 Å². The predicted octanol–water partition coefficient (Wildman–Crippen LogP) is 0.405. The van der Waals surface area contributed by atoms with E-state index in [-0.39, 0.29) is 25.5 Å². The maximum atomic E-state index is 13.0. The van der Waals surface area contributed by atoms with Gasteiger partial charge in [-0.25, -0.2) is 4.21 Å². The van der Waals surface area contributed by atoms with Gasteiger partial charge in [0, 0.05) is 21.2 Å². The third-order valence-electron chi connectivity index (χ3n) is 3.98. The van der Waals surface area contributed by atoms with Crippen LogP contribution in [-0.4, -0.2) is 56.1 Å². The second kappa shape index (κ2) is 6.42. The van der Waals surface area contributed by atoms with Crippen LogP contribution in [0.2, 0.25) is 0 Å². The van der Waals surface area contributed by atoms with Crippen molar-refractivity contribution in [3.8, 4) is 0 Å². The monoisotopic (exact) mass is 346 g/mol. The van der Waals surface area contributed by atoms with Gasteiger partial charge in [0.15, 0.2) is 5.60 Å². The van der Waals surface area contributed by atoms with E-state index < -0.39 is 57.5 Å². The van der Waals surface area contributed by atoms with Crippen LogP contribution in [0.4, 0.5) is 13.2 Å². The molecule has 0 radical (unpaired) electrons. The van der Waals surface area contributed by atoms with Gasteiger partial charge >= 0.3 is 6.18 Å². The van der Waals surface area contributed by atoms with Crippen molar-refractivity contribution in [3.63, 3.8) is 0 Å². The second-order valence-electron chi connectivity index (χ2n) is 5.93. The molecule has 130 valence electrons. The average Bonchev–Trinajstić information content (AvgIpc) is 3.26. The number of nitrogens with two attached hydrogens (primary N) is 1. The fourth-order valence-corrected chi connectivity index (χ4v) is 3.65. The highest BCUT2D eigenvalue weighted by Crippen LogP contribution is 2.50.